The number of hydrogen-bond acceptors (Lipinski definition) is 2. The number of ether oxygens (including phenoxy) is 2. The average molecular weight is 246 g/mol. The predicted molar refractivity (Wildman–Crippen MR) is 53.7 cm³/mol. The van der Waals surface area contributed by atoms with Crippen molar-refractivity contribution >= 4 is 0 Å². The zero-order valence-corrected chi connectivity index (χ0v) is 8.91. The molecule has 0 amide bonds. The van der Waals surface area contributed by atoms with Crippen LogP contribution in [0.1, 0.15) is 11.7 Å². The predicted octanol–water partition coefficient (Wildman–Crippen LogP) is 2.26. The molecule has 1 aromatic rings. The van der Waals surface area contributed by atoms with E-state index < -0.39 is 6.36 Å². The van der Waals surface area contributed by atoms with E-state index >= 15 is 0 Å². The third-order valence-electron chi connectivity index (χ3n) is 2.35. The van der Waals surface area contributed by atoms with Crippen LogP contribution in [0.25, 0.3) is 0 Å². The van der Waals surface area contributed by atoms with Gasteiger partial charge in [-0.3, -0.25) is 0 Å². The van der Waals surface area contributed by atoms with Crippen molar-refractivity contribution < 1.29 is 22.6 Å². The molecule has 3 nitrogen and oxygen atoms in total. The van der Waals surface area contributed by atoms with Crippen molar-refractivity contribution in [2.45, 2.75) is 12.5 Å². The highest BCUT2D eigenvalue weighted by Gasteiger charge is 2.31. The Balaban J connectivity index is 2.02. The molecule has 2 rings (SSSR count). The normalized spacial score (nSPS) is 21.2. The molecule has 0 N–H and O–H groups in total. The summed E-state index contributed by atoms with van der Waals surface area (Å²) in [6, 6.07) is 5.68. The minimum absolute atomic E-state index is 0.163. The highest BCUT2D eigenvalue weighted by atomic mass is 19.4. The van der Waals surface area contributed by atoms with Crippen molar-refractivity contribution in [1.82, 2.24) is 5.32 Å². The maximum atomic E-state index is 11.9. The standard InChI is InChI=1S/C11H11F3NO2/c12-11(13,14)17-9-3-1-8(2-4-9)10-7-15-5-6-16-10/h1-4,10H,5-7H2. The molecule has 1 aromatic carbocycles. The van der Waals surface area contributed by atoms with Crippen LogP contribution >= 0.6 is 0 Å². The van der Waals surface area contributed by atoms with Gasteiger partial charge in [0.1, 0.15) is 5.75 Å². The van der Waals surface area contributed by atoms with E-state index in [1.807, 2.05) is 0 Å². The summed E-state index contributed by atoms with van der Waals surface area (Å²) in [4.78, 5) is 0. The first kappa shape index (κ1) is 12.2. The Morgan fingerprint density at radius 1 is 1.24 bits per heavy atom. The molecule has 0 bridgehead atoms. The molecule has 0 saturated carbocycles. The Morgan fingerprint density at radius 3 is 2.47 bits per heavy atom. The van der Waals surface area contributed by atoms with Crippen LogP contribution in [-0.2, 0) is 4.74 Å². The van der Waals surface area contributed by atoms with Gasteiger partial charge in [0.2, 0.25) is 0 Å². The summed E-state index contributed by atoms with van der Waals surface area (Å²) in [5.74, 6) is -0.228. The van der Waals surface area contributed by atoms with Crippen LogP contribution in [-0.4, -0.2) is 26.1 Å². The molecule has 6 heteroatoms. The van der Waals surface area contributed by atoms with Gasteiger partial charge < -0.3 is 9.47 Å². The van der Waals surface area contributed by atoms with E-state index in [1.165, 1.54) is 12.1 Å². The summed E-state index contributed by atoms with van der Waals surface area (Å²) in [5, 5.41) is 4.18. The molecule has 0 spiro atoms. The van der Waals surface area contributed by atoms with Crippen LogP contribution in [0, 0.1) is 0 Å². The van der Waals surface area contributed by atoms with Crippen LogP contribution in [0.5, 0.6) is 5.75 Å². The highest BCUT2D eigenvalue weighted by molar-refractivity contribution is 5.29. The van der Waals surface area contributed by atoms with E-state index in [0.717, 1.165) is 5.56 Å². The molecule has 1 saturated heterocycles. The first-order valence-electron chi connectivity index (χ1n) is 5.15. The summed E-state index contributed by atoms with van der Waals surface area (Å²) >= 11 is 0. The van der Waals surface area contributed by atoms with Crippen LogP contribution in [0.15, 0.2) is 24.3 Å². The lowest BCUT2D eigenvalue weighted by Gasteiger charge is -2.22. The summed E-state index contributed by atoms with van der Waals surface area (Å²) in [6.07, 6.45) is -4.82. The molecule has 1 heterocycles. The largest absolute Gasteiger partial charge is 0.573 e. The Morgan fingerprint density at radius 2 is 1.94 bits per heavy atom. The fourth-order valence-corrected chi connectivity index (χ4v) is 1.61. The maximum Gasteiger partial charge on any atom is 0.573 e. The fraction of sp³-hybridized carbons (Fsp3) is 0.455. The lowest BCUT2D eigenvalue weighted by molar-refractivity contribution is -0.274. The molecule has 0 aromatic heterocycles. The molecule has 1 aliphatic rings. The smallest absolute Gasteiger partial charge is 0.406 e. The number of halogens is 3. The molecule has 0 aliphatic carbocycles. The number of nitrogens with zero attached hydrogens (tertiary/aromatic N) is 1. The minimum atomic E-state index is -4.65. The molecule has 1 radical (unpaired) electrons. The van der Waals surface area contributed by atoms with Gasteiger partial charge in [-0.2, -0.15) is 0 Å². The molecular weight excluding hydrogens is 235 g/mol. The van der Waals surface area contributed by atoms with E-state index in [-0.39, 0.29) is 11.9 Å². The SMILES string of the molecule is FC(F)(F)Oc1ccc(C2C[N]CCO2)cc1. The molecular formula is C11H11F3NO2. The summed E-state index contributed by atoms with van der Waals surface area (Å²) < 4.78 is 45.0. The van der Waals surface area contributed by atoms with Crippen LogP contribution in [0.4, 0.5) is 13.2 Å². The quantitative estimate of drug-likeness (QED) is 0.801. The Kier molecular flexibility index (Phi) is 3.54. The van der Waals surface area contributed by atoms with Crippen molar-refractivity contribution in [3.63, 3.8) is 0 Å². The topological polar surface area (TPSA) is 32.6 Å². The van der Waals surface area contributed by atoms with Gasteiger partial charge in [0.25, 0.3) is 0 Å². The van der Waals surface area contributed by atoms with Crippen molar-refractivity contribution in [3.8, 4) is 5.75 Å². The summed E-state index contributed by atoms with van der Waals surface area (Å²) in [6.45, 7) is 1.76. The first-order valence-corrected chi connectivity index (χ1v) is 5.15. The maximum absolute atomic E-state index is 11.9. The van der Waals surface area contributed by atoms with Gasteiger partial charge in [-0.15, -0.1) is 13.2 Å². The molecule has 1 fully saturated rings. The number of rotatable bonds is 2. The minimum Gasteiger partial charge on any atom is -0.406 e. The molecule has 1 unspecified atom stereocenters. The lowest BCUT2D eigenvalue weighted by atomic mass is 10.1. The third-order valence-corrected chi connectivity index (χ3v) is 2.35. The van der Waals surface area contributed by atoms with Gasteiger partial charge in [-0.25, -0.2) is 5.32 Å². The van der Waals surface area contributed by atoms with Gasteiger partial charge in [-0.1, -0.05) is 12.1 Å². The van der Waals surface area contributed by atoms with E-state index in [9.17, 15) is 13.2 Å². The van der Waals surface area contributed by atoms with Crippen molar-refractivity contribution in [3.05, 3.63) is 29.8 Å². The van der Waals surface area contributed by atoms with Crippen LogP contribution < -0.4 is 10.1 Å². The van der Waals surface area contributed by atoms with E-state index in [1.54, 1.807) is 12.1 Å². The number of morpholine rings is 1. The van der Waals surface area contributed by atoms with Crippen LogP contribution in [0.2, 0.25) is 0 Å². The molecule has 1 atom stereocenters. The monoisotopic (exact) mass is 246 g/mol. The van der Waals surface area contributed by atoms with Gasteiger partial charge in [0.05, 0.1) is 12.7 Å². The van der Waals surface area contributed by atoms with Gasteiger partial charge >= 0.3 is 6.36 Å². The zero-order chi connectivity index (χ0) is 12.3. The van der Waals surface area contributed by atoms with Crippen LogP contribution in [0.3, 0.4) is 0 Å². The Hall–Kier alpha value is -1.27. The molecule has 1 aliphatic heterocycles. The Bertz CT molecular complexity index is 358. The number of hydrogen-bond donors (Lipinski definition) is 0. The Labute approximate surface area is 96.5 Å². The van der Waals surface area contributed by atoms with Gasteiger partial charge in [-0.05, 0) is 17.7 Å². The number of alkyl halides is 3. The van der Waals surface area contributed by atoms with Crippen molar-refractivity contribution in [2.75, 3.05) is 19.7 Å². The second kappa shape index (κ2) is 4.93. The molecule has 93 valence electrons. The van der Waals surface area contributed by atoms with Crippen molar-refractivity contribution in [2.24, 2.45) is 0 Å². The van der Waals surface area contributed by atoms with Crippen molar-refractivity contribution in [1.29, 1.82) is 0 Å². The van der Waals surface area contributed by atoms with E-state index in [4.69, 9.17) is 4.74 Å². The first-order chi connectivity index (χ1) is 8.04. The van der Waals surface area contributed by atoms with E-state index in [2.05, 4.69) is 10.1 Å². The second-order valence-corrected chi connectivity index (χ2v) is 3.61. The average Bonchev–Trinajstić information content (AvgIpc) is 2.29. The lowest BCUT2D eigenvalue weighted by Crippen LogP contribution is -2.28. The molecule has 17 heavy (non-hydrogen) atoms. The fourth-order valence-electron chi connectivity index (χ4n) is 1.61. The second-order valence-electron chi connectivity index (χ2n) is 3.61. The number of benzene rings is 1. The zero-order valence-electron chi connectivity index (χ0n) is 8.91. The van der Waals surface area contributed by atoms with Gasteiger partial charge in [0.15, 0.2) is 0 Å². The highest BCUT2D eigenvalue weighted by Crippen LogP contribution is 2.25. The summed E-state index contributed by atoms with van der Waals surface area (Å²) in [5.41, 5.74) is 0.808. The van der Waals surface area contributed by atoms with E-state index in [0.29, 0.717) is 19.7 Å². The van der Waals surface area contributed by atoms with Gasteiger partial charge in [0, 0.05) is 13.1 Å². The summed E-state index contributed by atoms with van der Waals surface area (Å²) in [7, 11) is 0. The third kappa shape index (κ3) is 3.61.